The van der Waals surface area contributed by atoms with E-state index in [4.69, 9.17) is 30.5 Å². The van der Waals surface area contributed by atoms with Gasteiger partial charge in [-0.25, -0.2) is 9.78 Å². The van der Waals surface area contributed by atoms with Crippen molar-refractivity contribution >= 4 is 29.2 Å². The Bertz CT molecular complexity index is 1100. The maximum absolute atomic E-state index is 12.4. The Morgan fingerprint density at radius 2 is 1.59 bits per heavy atom. The van der Waals surface area contributed by atoms with Crippen LogP contribution in [0.2, 0.25) is 5.02 Å². The highest BCUT2D eigenvalue weighted by Crippen LogP contribution is 2.30. The minimum atomic E-state index is -0.759. The van der Waals surface area contributed by atoms with Gasteiger partial charge in [-0.05, 0) is 18.2 Å². The molecule has 10 heteroatoms. The SMILES string of the molecule is COc1cc(OC)cc(Oc2ccc(NC(=O)NC(=O)c3c(Cl)cccc3OC)cn2)c1. The molecule has 1 aromatic heterocycles. The number of nitrogens with zero attached hydrogens (tertiary/aromatic N) is 1. The molecule has 32 heavy (non-hydrogen) atoms. The van der Waals surface area contributed by atoms with E-state index in [1.54, 1.807) is 42.5 Å². The lowest BCUT2D eigenvalue weighted by molar-refractivity contribution is 0.0964. The number of aromatic nitrogens is 1. The fraction of sp³-hybridized carbons (Fsp3) is 0.136. The summed E-state index contributed by atoms with van der Waals surface area (Å²) in [6, 6.07) is 12.2. The van der Waals surface area contributed by atoms with Crippen molar-refractivity contribution in [3.05, 3.63) is 65.3 Å². The number of ether oxygens (including phenoxy) is 4. The Kier molecular flexibility index (Phi) is 7.35. The fourth-order valence-electron chi connectivity index (χ4n) is 2.70. The number of pyridine rings is 1. The van der Waals surface area contributed by atoms with Gasteiger partial charge in [-0.15, -0.1) is 0 Å². The molecule has 0 fully saturated rings. The van der Waals surface area contributed by atoms with Gasteiger partial charge in [0.2, 0.25) is 5.88 Å². The molecule has 2 aromatic carbocycles. The summed E-state index contributed by atoms with van der Waals surface area (Å²) in [4.78, 5) is 28.8. The third-order valence-corrected chi connectivity index (χ3v) is 4.51. The molecular formula is C22H20ClN3O6. The van der Waals surface area contributed by atoms with Crippen molar-refractivity contribution in [3.63, 3.8) is 0 Å². The summed E-state index contributed by atoms with van der Waals surface area (Å²) in [7, 11) is 4.48. The molecule has 0 aliphatic carbocycles. The molecule has 0 bridgehead atoms. The van der Waals surface area contributed by atoms with Gasteiger partial charge in [0.15, 0.2) is 0 Å². The monoisotopic (exact) mass is 457 g/mol. The van der Waals surface area contributed by atoms with E-state index in [1.807, 2.05) is 0 Å². The Labute approximate surface area is 189 Å². The second kappa shape index (κ2) is 10.4. The number of amides is 3. The van der Waals surface area contributed by atoms with Crippen LogP contribution < -0.4 is 29.6 Å². The van der Waals surface area contributed by atoms with Crippen LogP contribution in [0.3, 0.4) is 0 Å². The Morgan fingerprint density at radius 1 is 0.906 bits per heavy atom. The van der Waals surface area contributed by atoms with Crippen molar-refractivity contribution in [3.8, 4) is 28.9 Å². The molecule has 166 valence electrons. The van der Waals surface area contributed by atoms with Crippen LogP contribution in [0, 0.1) is 0 Å². The molecule has 2 N–H and O–H groups in total. The first kappa shape index (κ1) is 22.7. The Balaban J connectivity index is 1.64. The van der Waals surface area contributed by atoms with Gasteiger partial charge >= 0.3 is 6.03 Å². The van der Waals surface area contributed by atoms with Crippen molar-refractivity contribution in [1.82, 2.24) is 10.3 Å². The van der Waals surface area contributed by atoms with E-state index in [-0.39, 0.29) is 22.2 Å². The standard InChI is InChI=1S/C22H20ClN3O6/c1-29-14-9-15(30-2)11-16(10-14)32-19-8-7-13(12-24-19)25-22(28)26-21(27)20-17(23)5-4-6-18(20)31-3/h4-12H,1-3H3,(H2,25,26,27,28). The molecule has 0 aliphatic heterocycles. The Morgan fingerprint density at radius 3 is 2.19 bits per heavy atom. The van der Waals surface area contributed by atoms with Crippen molar-refractivity contribution in [2.24, 2.45) is 0 Å². The van der Waals surface area contributed by atoms with Gasteiger partial charge in [-0.1, -0.05) is 17.7 Å². The summed E-state index contributed by atoms with van der Waals surface area (Å²) in [6.07, 6.45) is 1.38. The molecule has 0 spiro atoms. The number of benzene rings is 2. The molecule has 3 aromatic rings. The van der Waals surface area contributed by atoms with E-state index in [9.17, 15) is 9.59 Å². The lowest BCUT2D eigenvalue weighted by Gasteiger charge is -2.11. The number of halogens is 1. The zero-order chi connectivity index (χ0) is 23.1. The lowest BCUT2D eigenvalue weighted by atomic mass is 10.2. The van der Waals surface area contributed by atoms with Gasteiger partial charge in [0.1, 0.15) is 28.6 Å². The summed E-state index contributed by atoms with van der Waals surface area (Å²) in [5.41, 5.74) is 0.402. The molecular weight excluding hydrogens is 438 g/mol. The Hall–Kier alpha value is -3.98. The van der Waals surface area contributed by atoms with Gasteiger partial charge in [-0.3, -0.25) is 10.1 Å². The van der Waals surface area contributed by atoms with Gasteiger partial charge in [0, 0.05) is 24.3 Å². The molecule has 0 unspecified atom stereocenters. The maximum Gasteiger partial charge on any atom is 0.326 e. The quantitative estimate of drug-likeness (QED) is 0.537. The average molecular weight is 458 g/mol. The number of rotatable bonds is 7. The highest BCUT2D eigenvalue weighted by molar-refractivity contribution is 6.34. The number of methoxy groups -OCH3 is 3. The van der Waals surface area contributed by atoms with E-state index in [0.29, 0.717) is 22.9 Å². The van der Waals surface area contributed by atoms with Gasteiger partial charge in [0.05, 0.1) is 38.2 Å². The van der Waals surface area contributed by atoms with Crippen molar-refractivity contribution < 1.29 is 28.5 Å². The number of urea groups is 1. The molecule has 1 heterocycles. The van der Waals surface area contributed by atoms with E-state index in [0.717, 1.165) is 0 Å². The smallest absolute Gasteiger partial charge is 0.326 e. The molecule has 0 radical (unpaired) electrons. The van der Waals surface area contributed by atoms with E-state index >= 15 is 0 Å². The van der Waals surface area contributed by atoms with Crippen LogP contribution in [-0.2, 0) is 0 Å². The van der Waals surface area contributed by atoms with E-state index < -0.39 is 11.9 Å². The molecule has 0 saturated heterocycles. The lowest BCUT2D eigenvalue weighted by Crippen LogP contribution is -2.34. The second-order valence-electron chi connectivity index (χ2n) is 6.26. The molecule has 3 rings (SSSR count). The summed E-state index contributed by atoms with van der Waals surface area (Å²) in [5, 5.41) is 4.87. The van der Waals surface area contributed by atoms with Crippen molar-refractivity contribution in [2.45, 2.75) is 0 Å². The molecule has 0 atom stereocenters. The van der Waals surface area contributed by atoms with Crippen molar-refractivity contribution in [1.29, 1.82) is 0 Å². The number of hydrogen-bond donors (Lipinski definition) is 2. The van der Waals surface area contributed by atoms with Crippen LogP contribution in [0.15, 0.2) is 54.7 Å². The summed E-state index contributed by atoms with van der Waals surface area (Å²) in [6.45, 7) is 0. The first-order valence-electron chi connectivity index (χ1n) is 9.25. The van der Waals surface area contributed by atoms with Crippen LogP contribution in [0.25, 0.3) is 0 Å². The number of carbonyl (C=O) groups is 2. The van der Waals surface area contributed by atoms with Crippen molar-refractivity contribution in [2.75, 3.05) is 26.6 Å². The minimum Gasteiger partial charge on any atom is -0.496 e. The average Bonchev–Trinajstić information content (AvgIpc) is 2.79. The van der Waals surface area contributed by atoms with Gasteiger partial charge < -0.3 is 24.3 Å². The van der Waals surface area contributed by atoms with Crippen LogP contribution in [0.4, 0.5) is 10.5 Å². The normalized spacial score (nSPS) is 10.1. The maximum atomic E-state index is 12.4. The van der Waals surface area contributed by atoms with E-state index in [2.05, 4.69) is 15.6 Å². The first-order valence-corrected chi connectivity index (χ1v) is 9.63. The third kappa shape index (κ3) is 5.58. The largest absolute Gasteiger partial charge is 0.496 e. The van der Waals surface area contributed by atoms with Gasteiger partial charge in [-0.2, -0.15) is 0 Å². The summed E-state index contributed by atoms with van der Waals surface area (Å²) < 4.78 is 21.2. The second-order valence-corrected chi connectivity index (χ2v) is 6.67. The number of carbonyl (C=O) groups excluding carboxylic acids is 2. The summed E-state index contributed by atoms with van der Waals surface area (Å²) >= 11 is 6.06. The van der Waals surface area contributed by atoms with E-state index in [1.165, 1.54) is 33.6 Å². The molecule has 0 saturated carbocycles. The topological polar surface area (TPSA) is 108 Å². The number of anilines is 1. The predicted octanol–water partition coefficient (Wildman–Crippen LogP) is 4.52. The van der Waals surface area contributed by atoms with Crippen LogP contribution in [-0.4, -0.2) is 38.3 Å². The third-order valence-electron chi connectivity index (χ3n) is 4.19. The van der Waals surface area contributed by atoms with Gasteiger partial charge in [0.25, 0.3) is 5.91 Å². The first-order chi connectivity index (χ1) is 15.4. The zero-order valence-electron chi connectivity index (χ0n) is 17.5. The molecule has 0 aliphatic rings. The van der Waals surface area contributed by atoms with Crippen LogP contribution >= 0.6 is 11.6 Å². The van der Waals surface area contributed by atoms with Crippen LogP contribution in [0.5, 0.6) is 28.9 Å². The minimum absolute atomic E-state index is 0.0578. The number of nitrogens with one attached hydrogen (secondary N) is 2. The number of imide groups is 1. The highest BCUT2D eigenvalue weighted by atomic mass is 35.5. The molecule has 3 amide bonds. The zero-order valence-corrected chi connectivity index (χ0v) is 18.2. The van der Waals surface area contributed by atoms with Crippen LogP contribution in [0.1, 0.15) is 10.4 Å². The number of hydrogen-bond acceptors (Lipinski definition) is 7. The predicted molar refractivity (Wildman–Crippen MR) is 118 cm³/mol. The fourth-order valence-corrected chi connectivity index (χ4v) is 2.95. The summed E-state index contributed by atoms with van der Waals surface area (Å²) in [5.74, 6) is 1.42. The molecule has 9 nitrogen and oxygen atoms in total. The highest BCUT2D eigenvalue weighted by Gasteiger charge is 2.18.